The molecule has 0 spiro atoms. The minimum atomic E-state index is -0.889. The van der Waals surface area contributed by atoms with Crippen molar-refractivity contribution in [2.24, 2.45) is 5.10 Å². The normalized spacial score (nSPS) is 10.4. The molecule has 176 valence electrons. The number of anilines is 1. The fourth-order valence-electron chi connectivity index (χ4n) is 2.62. The lowest BCUT2D eigenvalue weighted by Crippen LogP contribution is -2.38. The summed E-state index contributed by atoms with van der Waals surface area (Å²) in [6.07, 6.45) is 2.01. The largest absolute Gasteiger partial charge is 0.494 e. The molecule has 0 aliphatic heterocycles. The molecule has 3 N–H and O–H groups in total. The van der Waals surface area contributed by atoms with E-state index in [1.54, 1.807) is 42.5 Å². The van der Waals surface area contributed by atoms with Gasteiger partial charge in [0.1, 0.15) is 5.75 Å². The molecule has 2 rings (SSSR count). The van der Waals surface area contributed by atoms with Crippen LogP contribution in [0.5, 0.6) is 17.2 Å². The van der Waals surface area contributed by atoms with Crippen LogP contribution in [0.2, 0.25) is 0 Å². The molecule has 33 heavy (non-hydrogen) atoms. The molecule has 0 heterocycles. The van der Waals surface area contributed by atoms with Gasteiger partial charge >= 0.3 is 11.8 Å². The van der Waals surface area contributed by atoms with E-state index in [2.05, 4.69) is 21.2 Å². The summed E-state index contributed by atoms with van der Waals surface area (Å²) in [5, 5.41) is 8.97. The number of nitrogens with zero attached hydrogens (tertiary/aromatic N) is 1. The Morgan fingerprint density at radius 2 is 1.76 bits per heavy atom. The Hall–Kier alpha value is -4.08. The Morgan fingerprint density at radius 3 is 2.42 bits per heavy atom. The zero-order valence-electron chi connectivity index (χ0n) is 18.8. The highest BCUT2D eigenvalue weighted by Crippen LogP contribution is 2.30. The molecule has 0 saturated heterocycles. The number of rotatable bonds is 11. The van der Waals surface area contributed by atoms with Gasteiger partial charge < -0.3 is 24.8 Å². The van der Waals surface area contributed by atoms with Gasteiger partial charge in [0.2, 0.25) is 0 Å². The average Bonchev–Trinajstić information content (AvgIpc) is 2.82. The molecule has 10 heteroatoms. The molecular weight excluding hydrogens is 428 g/mol. The van der Waals surface area contributed by atoms with E-state index < -0.39 is 11.8 Å². The van der Waals surface area contributed by atoms with Crippen LogP contribution in [-0.4, -0.2) is 50.8 Å². The average molecular weight is 456 g/mol. The minimum Gasteiger partial charge on any atom is -0.494 e. The molecule has 0 saturated carbocycles. The summed E-state index contributed by atoms with van der Waals surface area (Å²) < 4.78 is 16.3. The van der Waals surface area contributed by atoms with Gasteiger partial charge in [0.25, 0.3) is 5.91 Å². The Labute approximate surface area is 192 Å². The van der Waals surface area contributed by atoms with Crippen molar-refractivity contribution in [3.63, 3.8) is 0 Å². The Bertz CT molecular complexity index is 975. The first kappa shape index (κ1) is 25.2. The molecule has 10 nitrogen and oxygen atoms in total. The molecule has 0 aromatic heterocycles. The third-order valence-electron chi connectivity index (χ3n) is 4.14. The van der Waals surface area contributed by atoms with E-state index in [4.69, 9.17) is 14.2 Å². The zero-order valence-corrected chi connectivity index (χ0v) is 18.8. The number of para-hydroxylation sites is 1. The van der Waals surface area contributed by atoms with Gasteiger partial charge in [0.15, 0.2) is 18.1 Å². The van der Waals surface area contributed by atoms with Crippen molar-refractivity contribution in [2.45, 2.75) is 20.3 Å². The fourth-order valence-corrected chi connectivity index (χ4v) is 2.62. The number of ether oxygens (including phenoxy) is 3. The molecule has 0 aliphatic rings. The van der Waals surface area contributed by atoms with Crippen molar-refractivity contribution in [1.29, 1.82) is 0 Å². The SMILES string of the molecule is CCCNC(=O)C(=O)N/N=C\c1cccc(OC)c1OCC(=O)Nc1ccc(OCC)cc1. The molecule has 0 unspecified atom stereocenters. The van der Waals surface area contributed by atoms with E-state index in [0.717, 1.165) is 0 Å². The number of nitrogens with one attached hydrogen (secondary N) is 3. The highest BCUT2D eigenvalue weighted by Gasteiger charge is 2.14. The third kappa shape index (κ3) is 8.17. The lowest BCUT2D eigenvalue weighted by atomic mass is 10.2. The van der Waals surface area contributed by atoms with Crippen molar-refractivity contribution < 1.29 is 28.6 Å². The summed E-state index contributed by atoms with van der Waals surface area (Å²) in [6.45, 7) is 4.42. The van der Waals surface area contributed by atoms with Crippen molar-refractivity contribution in [2.75, 3.05) is 32.2 Å². The minimum absolute atomic E-state index is 0.260. The second kappa shape index (κ2) is 13.4. The number of hydrogen-bond acceptors (Lipinski definition) is 7. The molecule has 2 aromatic rings. The predicted octanol–water partition coefficient (Wildman–Crippen LogP) is 2.09. The van der Waals surface area contributed by atoms with Crippen LogP contribution >= 0.6 is 0 Å². The van der Waals surface area contributed by atoms with Gasteiger partial charge in [-0.05, 0) is 49.7 Å². The van der Waals surface area contributed by atoms with E-state index in [-0.39, 0.29) is 18.3 Å². The van der Waals surface area contributed by atoms with Gasteiger partial charge in [0, 0.05) is 17.8 Å². The number of carbonyl (C=O) groups excluding carboxylic acids is 3. The second-order valence-corrected chi connectivity index (χ2v) is 6.63. The molecule has 0 atom stereocenters. The van der Waals surface area contributed by atoms with Gasteiger partial charge in [-0.15, -0.1) is 0 Å². The molecule has 0 bridgehead atoms. The van der Waals surface area contributed by atoms with Crippen molar-refractivity contribution in [3.05, 3.63) is 48.0 Å². The number of methoxy groups -OCH3 is 1. The van der Waals surface area contributed by atoms with Gasteiger partial charge in [0.05, 0.1) is 19.9 Å². The van der Waals surface area contributed by atoms with Gasteiger partial charge in [-0.25, -0.2) is 5.43 Å². The number of carbonyl (C=O) groups is 3. The van der Waals surface area contributed by atoms with E-state index >= 15 is 0 Å². The molecule has 0 fully saturated rings. The smallest absolute Gasteiger partial charge is 0.329 e. The number of amides is 3. The van der Waals surface area contributed by atoms with Crippen molar-refractivity contribution in [3.8, 4) is 17.2 Å². The molecule has 0 radical (unpaired) electrons. The number of hydrazone groups is 1. The Morgan fingerprint density at radius 1 is 1.00 bits per heavy atom. The Balaban J connectivity index is 2.00. The lowest BCUT2D eigenvalue weighted by molar-refractivity contribution is -0.139. The lowest BCUT2D eigenvalue weighted by Gasteiger charge is -2.13. The third-order valence-corrected chi connectivity index (χ3v) is 4.14. The first-order chi connectivity index (χ1) is 16.0. The second-order valence-electron chi connectivity index (χ2n) is 6.63. The molecule has 2 aromatic carbocycles. The summed E-state index contributed by atoms with van der Waals surface area (Å²) in [7, 11) is 1.46. The Kier molecular flexibility index (Phi) is 10.2. The van der Waals surface area contributed by atoms with E-state index in [9.17, 15) is 14.4 Å². The highest BCUT2D eigenvalue weighted by atomic mass is 16.5. The van der Waals surface area contributed by atoms with E-state index in [1.165, 1.54) is 13.3 Å². The van der Waals surface area contributed by atoms with Crippen molar-refractivity contribution >= 4 is 29.6 Å². The zero-order chi connectivity index (χ0) is 24.1. The number of benzene rings is 2. The maximum absolute atomic E-state index is 12.3. The van der Waals surface area contributed by atoms with Gasteiger partial charge in [-0.2, -0.15) is 5.10 Å². The first-order valence-corrected chi connectivity index (χ1v) is 10.4. The van der Waals surface area contributed by atoms with Gasteiger partial charge in [-0.3, -0.25) is 14.4 Å². The molecule has 3 amide bonds. The fraction of sp³-hybridized carbons (Fsp3) is 0.304. The predicted molar refractivity (Wildman–Crippen MR) is 124 cm³/mol. The summed E-state index contributed by atoms with van der Waals surface area (Å²) in [4.78, 5) is 35.7. The monoisotopic (exact) mass is 456 g/mol. The highest BCUT2D eigenvalue weighted by molar-refractivity contribution is 6.35. The van der Waals surface area contributed by atoms with Crippen LogP contribution in [0.25, 0.3) is 0 Å². The van der Waals surface area contributed by atoms with Crippen LogP contribution in [0, 0.1) is 0 Å². The van der Waals surface area contributed by atoms with Crippen molar-refractivity contribution in [1.82, 2.24) is 10.7 Å². The van der Waals surface area contributed by atoms with Crippen LogP contribution in [0.15, 0.2) is 47.6 Å². The van der Waals surface area contributed by atoms with E-state index in [0.29, 0.717) is 42.3 Å². The van der Waals surface area contributed by atoms with Crippen LogP contribution in [0.4, 0.5) is 5.69 Å². The van der Waals surface area contributed by atoms with Crippen LogP contribution < -0.4 is 30.3 Å². The van der Waals surface area contributed by atoms with Gasteiger partial charge in [-0.1, -0.05) is 13.0 Å². The molecule has 0 aliphatic carbocycles. The molecular formula is C23H28N4O6. The summed E-state index contributed by atoms with van der Waals surface area (Å²) in [5.41, 5.74) is 3.19. The summed E-state index contributed by atoms with van der Waals surface area (Å²) >= 11 is 0. The van der Waals surface area contributed by atoms with Crippen LogP contribution in [0.3, 0.4) is 0 Å². The standard InChI is InChI=1S/C23H28N4O6/c1-4-13-24-22(29)23(30)27-25-14-16-7-6-8-19(31-3)21(16)33-15-20(28)26-17-9-11-18(12-10-17)32-5-2/h6-12,14H,4-5,13,15H2,1-3H3,(H,24,29)(H,26,28)(H,27,30)/b25-14-. The quantitative estimate of drug-likeness (QED) is 0.270. The summed E-state index contributed by atoms with van der Waals surface area (Å²) in [5.74, 6) is -0.703. The van der Waals surface area contributed by atoms with Crippen LogP contribution in [0.1, 0.15) is 25.8 Å². The maximum Gasteiger partial charge on any atom is 0.329 e. The number of hydrogen-bond donors (Lipinski definition) is 3. The van der Waals surface area contributed by atoms with Crippen LogP contribution in [-0.2, 0) is 14.4 Å². The van der Waals surface area contributed by atoms with E-state index in [1.807, 2.05) is 13.8 Å². The maximum atomic E-state index is 12.3. The topological polar surface area (TPSA) is 127 Å². The first-order valence-electron chi connectivity index (χ1n) is 10.4. The summed E-state index contributed by atoms with van der Waals surface area (Å²) in [6, 6.07) is 12.0.